The molecule has 0 bridgehead atoms. The number of nitrogens with zero attached hydrogens (tertiary/aromatic N) is 1. The molecule has 33 heavy (non-hydrogen) atoms. The zero-order valence-corrected chi connectivity index (χ0v) is 16.5. The molecule has 0 atom stereocenters. The first-order chi connectivity index (χ1) is 15.6. The van der Waals surface area contributed by atoms with Gasteiger partial charge in [-0.05, 0) is 29.8 Å². The molecule has 0 aliphatic carbocycles. The lowest BCUT2D eigenvalue weighted by atomic mass is 10.0. The molecule has 0 saturated carbocycles. The van der Waals surface area contributed by atoms with Crippen molar-refractivity contribution in [2.75, 3.05) is 0 Å². The molecule has 0 spiro atoms. The van der Waals surface area contributed by atoms with Crippen LogP contribution in [-0.4, -0.2) is 10.9 Å². The van der Waals surface area contributed by atoms with Crippen molar-refractivity contribution in [1.29, 1.82) is 0 Å². The first kappa shape index (κ1) is 21.8. The van der Waals surface area contributed by atoms with Gasteiger partial charge in [0.05, 0.1) is 21.4 Å². The number of fused-ring (bicyclic) bond motifs is 1. The van der Waals surface area contributed by atoms with E-state index in [0.717, 1.165) is 18.2 Å². The fourth-order valence-corrected chi connectivity index (χ4v) is 3.19. The largest absolute Gasteiger partial charge is 0.450 e. The van der Waals surface area contributed by atoms with Gasteiger partial charge in [-0.15, -0.1) is 0 Å². The van der Waals surface area contributed by atoms with E-state index < -0.39 is 39.4 Å². The first-order valence-electron chi connectivity index (χ1n) is 9.35. The van der Waals surface area contributed by atoms with Crippen LogP contribution in [0.1, 0.15) is 16.1 Å². The minimum atomic E-state index is -4.95. The van der Waals surface area contributed by atoms with Gasteiger partial charge in [0.2, 0.25) is 11.2 Å². The summed E-state index contributed by atoms with van der Waals surface area (Å²) in [7, 11) is 0. The maximum absolute atomic E-state index is 13.7. The molecule has 3 aromatic carbocycles. The zero-order chi connectivity index (χ0) is 23.8. The third-order valence-electron chi connectivity index (χ3n) is 4.71. The van der Waals surface area contributed by atoms with Crippen molar-refractivity contribution in [3.05, 3.63) is 104 Å². The average molecular weight is 455 g/mol. The van der Waals surface area contributed by atoms with Crippen molar-refractivity contribution < 1.29 is 32.0 Å². The summed E-state index contributed by atoms with van der Waals surface area (Å²) in [6.45, 7) is 0. The number of halogens is 3. The standard InChI is InChI=1S/C23H12F3NO6/c24-23(25,26)21-19(13-4-2-1-3-5-13)20(28)17-11-10-16(12-18(17)33-21)32-22(29)14-6-8-15(9-7-14)27(30)31/h1-12H. The summed E-state index contributed by atoms with van der Waals surface area (Å²) in [5, 5.41) is 10.6. The number of nitro groups is 1. The highest BCUT2D eigenvalue weighted by Gasteiger charge is 2.39. The van der Waals surface area contributed by atoms with Gasteiger partial charge in [0.25, 0.3) is 5.69 Å². The molecule has 10 heteroatoms. The highest BCUT2D eigenvalue weighted by atomic mass is 19.4. The van der Waals surface area contributed by atoms with E-state index >= 15 is 0 Å². The second kappa shape index (κ2) is 8.23. The van der Waals surface area contributed by atoms with Crippen LogP contribution >= 0.6 is 0 Å². The van der Waals surface area contributed by atoms with Gasteiger partial charge >= 0.3 is 12.1 Å². The number of nitro benzene ring substituents is 1. The van der Waals surface area contributed by atoms with Crippen LogP contribution in [0.2, 0.25) is 0 Å². The van der Waals surface area contributed by atoms with Crippen LogP contribution in [0.4, 0.5) is 18.9 Å². The monoisotopic (exact) mass is 455 g/mol. The topological polar surface area (TPSA) is 99.7 Å². The van der Waals surface area contributed by atoms with E-state index in [2.05, 4.69) is 0 Å². The Hall–Kier alpha value is -4.47. The van der Waals surface area contributed by atoms with Gasteiger partial charge in [0.15, 0.2) is 0 Å². The van der Waals surface area contributed by atoms with Crippen LogP contribution in [0.5, 0.6) is 5.75 Å². The van der Waals surface area contributed by atoms with Gasteiger partial charge in [-0.2, -0.15) is 13.2 Å². The molecule has 7 nitrogen and oxygen atoms in total. The Kier molecular flexibility index (Phi) is 5.42. The first-order valence-corrected chi connectivity index (χ1v) is 9.35. The lowest BCUT2D eigenvalue weighted by Gasteiger charge is -2.13. The van der Waals surface area contributed by atoms with Gasteiger partial charge in [-0.25, -0.2) is 4.79 Å². The molecule has 0 amide bonds. The predicted octanol–water partition coefficient (Wildman–Crippen LogP) is 5.61. The van der Waals surface area contributed by atoms with Crippen molar-refractivity contribution in [3.8, 4) is 16.9 Å². The van der Waals surface area contributed by atoms with Gasteiger partial charge in [-0.3, -0.25) is 14.9 Å². The second-order valence-corrected chi connectivity index (χ2v) is 6.85. The Bertz CT molecular complexity index is 1430. The number of hydrogen-bond acceptors (Lipinski definition) is 6. The van der Waals surface area contributed by atoms with Gasteiger partial charge in [-0.1, -0.05) is 30.3 Å². The molecule has 4 aromatic rings. The fourth-order valence-electron chi connectivity index (χ4n) is 3.19. The normalized spacial score (nSPS) is 11.4. The van der Waals surface area contributed by atoms with Crippen LogP contribution in [0.25, 0.3) is 22.1 Å². The van der Waals surface area contributed by atoms with Gasteiger partial charge in [0.1, 0.15) is 11.3 Å². The Balaban J connectivity index is 1.75. The third kappa shape index (κ3) is 4.31. The molecule has 0 radical (unpaired) electrons. The SMILES string of the molecule is O=C(Oc1ccc2c(=O)c(-c3ccccc3)c(C(F)(F)F)oc2c1)c1ccc([N+](=O)[O-])cc1. The Morgan fingerprint density at radius 3 is 2.24 bits per heavy atom. The molecule has 0 unspecified atom stereocenters. The van der Waals surface area contributed by atoms with Crippen LogP contribution in [0.3, 0.4) is 0 Å². The summed E-state index contributed by atoms with van der Waals surface area (Å²) < 4.78 is 51.3. The van der Waals surface area contributed by atoms with Crippen LogP contribution < -0.4 is 10.2 Å². The van der Waals surface area contributed by atoms with Crippen molar-refractivity contribution in [1.82, 2.24) is 0 Å². The van der Waals surface area contributed by atoms with Crippen LogP contribution in [0.15, 0.2) is 82.0 Å². The predicted molar refractivity (Wildman–Crippen MR) is 111 cm³/mol. The molecule has 1 aromatic heterocycles. The minimum Gasteiger partial charge on any atom is -0.450 e. The van der Waals surface area contributed by atoms with Crippen molar-refractivity contribution in [2.24, 2.45) is 0 Å². The number of ether oxygens (including phenoxy) is 1. The van der Waals surface area contributed by atoms with E-state index in [1.807, 2.05) is 0 Å². The molecule has 0 N–H and O–H groups in total. The summed E-state index contributed by atoms with van der Waals surface area (Å²) in [4.78, 5) is 35.3. The van der Waals surface area contributed by atoms with E-state index in [9.17, 15) is 32.9 Å². The van der Waals surface area contributed by atoms with Crippen molar-refractivity contribution >= 4 is 22.6 Å². The second-order valence-electron chi connectivity index (χ2n) is 6.85. The average Bonchev–Trinajstić information content (AvgIpc) is 2.79. The highest BCUT2D eigenvalue weighted by molar-refractivity contribution is 5.92. The lowest BCUT2D eigenvalue weighted by Crippen LogP contribution is -2.16. The maximum atomic E-state index is 13.7. The summed E-state index contributed by atoms with van der Waals surface area (Å²) in [6.07, 6.45) is -4.95. The highest BCUT2D eigenvalue weighted by Crippen LogP contribution is 2.37. The molecule has 166 valence electrons. The number of benzene rings is 3. The molecular weight excluding hydrogens is 443 g/mol. The number of hydrogen-bond donors (Lipinski definition) is 0. The van der Waals surface area contributed by atoms with Crippen molar-refractivity contribution in [2.45, 2.75) is 6.18 Å². The number of carbonyl (C=O) groups is 1. The van der Waals surface area contributed by atoms with Crippen LogP contribution in [-0.2, 0) is 6.18 Å². The number of esters is 1. The Morgan fingerprint density at radius 2 is 1.64 bits per heavy atom. The number of non-ortho nitro benzene ring substituents is 1. The number of alkyl halides is 3. The van der Waals surface area contributed by atoms with Crippen molar-refractivity contribution in [3.63, 3.8) is 0 Å². The molecular formula is C23H12F3NO6. The smallest absolute Gasteiger partial charge is 0.450 e. The minimum absolute atomic E-state index is 0.0162. The molecule has 0 saturated heterocycles. The Labute approximate surface area is 182 Å². The summed E-state index contributed by atoms with van der Waals surface area (Å²) in [5.41, 5.74) is -2.12. The van der Waals surface area contributed by atoms with E-state index in [4.69, 9.17) is 9.15 Å². The molecule has 0 fully saturated rings. The Morgan fingerprint density at radius 1 is 0.970 bits per heavy atom. The number of rotatable bonds is 4. The quantitative estimate of drug-likeness (QED) is 0.172. The summed E-state index contributed by atoms with van der Waals surface area (Å²) >= 11 is 0. The zero-order valence-electron chi connectivity index (χ0n) is 16.5. The fraction of sp³-hybridized carbons (Fsp3) is 0.0435. The van der Waals surface area contributed by atoms with E-state index in [-0.39, 0.29) is 28.0 Å². The summed E-state index contributed by atoms with van der Waals surface area (Å²) in [5.74, 6) is -2.54. The molecule has 0 aliphatic heterocycles. The molecule has 1 heterocycles. The maximum Gasteiger partial charge on any atom is 0.450 e. The van der Waals surface area contributed by atoms with Crippen LogP contribution in [0, 0.1) is 10.1 Å². The van der Waals surface area contributed by atoms with E-state index in [1.54, 1.807) is 6.07 Å². The van der Waals surface area contributed by atoms with E-state index in [0.29, 0.717) is 0 Å². The number of carbonyl (C=O) groups excluding carboxylic acids is 1. The van der Waals surface area contributed by atoms with E-state index in [1.165, 1.54) is 48.5 Å². The third-order valence-corrected chi connectivity index (χ3v) is 4.71. The summed E-state index contributed by atoms with van der Waals surface area (Å²) in [6, 6.07) is 15.4. The van der Waals surface area contributed by atoms with Gasteiger partial charge in [0, 0.05) is 18.2 Å². The molecule has 4 rings (SSSR count). The van der Waals surface area contributed by atoms with Gasteiger partial charge < -0.3 is 9.15 Å². The molecule has 0 aliphatic rings. The lowest BCUT2D eigenvalue weighted by molar-refractivity contribution is -0.384.